The van der Waals surface area contributed by atoms with Crippen LogP contribution >= 0.6 is 11.6 Å². The van der Waals surface area contributed by atoms with Gasteiger partial charge >= 0.3 is 5.97 Å². The number of esters is 1. The number of nitrogens with one attached hydrogen (secondary N) is 1. The third kappa shape index (κ3) is 5.22. The molecule has 0 aliphatic carbocycles. The molecular formula is C25H19ClN2O4S. The lowest BCUT2D eigenvalue weighted by Crippen LogP contribution is -2.18. The summed E-state index contributed by atoms with van der Waals surface area (Å²) in [5.74, 6) is -0.330. The van der Waals surface area contributed by atoms with E-state index >= 15 is 0 Å². The second kappa shape index (κ2) is 9.44. The predicted octanol–water partition coefficient (Wildman–Crippen LogP) is 5.33. The van der Waals surface area contributed by atoms with E-state index in [1.807, 2.05) is 37.3 Å². The number of rotatable bonds is 6. The molecule has 0 bridgehead atoms. The van der Waals surface area contributed by atoms with Crippen molar-refractivity contribution in [2.24, 2.45) is 5.10 Å². The molecule has 0 amide bonds. The summed E-state index contributed by atoms with van der Waals surface area (Å²) in [5, 5.41) is 6.08. The highest BCUT2D eigenvalue weighted by Crippen LogP contribution is 2.27. The number of nitrogens with zero attached hydrogens (tertiary/aromatic N) is 1. The SMILES string of the molecule is Cc1ccc(S(=O)(=O)N/N=C\c2c(OC(=O)c3ccc(Cl)cc3)ccc3ccccc23)cc1. The summed E-state index contributed by atoms with van der Waals surface area (Å²) in [6.45, 7) is 1.87. The first-order valence-electron chi connectivity index (χ1n) is 9.94. The number of hydrogen-bond acceptors (Lipinski definition) is 5. The number of carbonyl (C=O) groups excluding carboxylic acids is 1. The Morgan fingerprint density at radius 2 is 1.64 bits per heavy atom. The van der Waals surface area contributed by atoms with Gasteiger partial charge in [-0.25, -0.2) is 9.63 Å². The van der Waals surface area contributed by atoms with E-state index in [9.17, 15) is 13.2 Å². The van der Waals surface area contributed by atoms with Gasteiger partial charge in [-0.15, -0.1) is 0 Å². The third-order valence-electron chi connectivity index (χ3n) is 4.91. The Morgan fingerprint density at radius 1 is 0.939 bits per heavy atom. The van der Waals surface area contributed by atoms with Crippen LogP contribution in [0.5, 0.6) is 5.75 Å². The summed E-state index contributed by atoms with van der Waals surface area (Å²) >= 11 is 5.89. The molecule has 0 spiro atoms. The molecule has 1 N–H and O–H groups in total. The van der Waals surface area contributed by atoms with Gasteiger partial charge in [-0.1, -0.05) is 59.6 Å². The molecule has 6 nitrogen and oxygen atoms in total. The first-order valence-corrected chi connectivity index (χ1v) is 11.8. The van der Waals surface area contributed by atoms with Gasteiger partial charge in [0.1, 0.15) is 5.75 Å². The molecule has 4 aromatic rings. The van der Waals surface area contributed by atoms with Crippen molar-refractivity contribution in [3.63, 3.8) is 0 Å². The Bertz CT molecular complexity index is 1450. The van der Waals surface area contributed by atoms with Gasteiger partial charge in [-0.2, -0.15) is 13.5 Å². The highest BCUT2D eigenvalue weighted by molar-refractivity contribution is 7.89. The molecule has 0 aromatic heterocycles. The summed E-state index contributed by atoms with van der Waals surface area (Å²) in [4.78, 5) is 14.9. The summed E-state index contributed by atoms with van der Waals surface area (Å²) in [7, 11) is -3.85. The number of sulfonamides is 1. The molecule has 0 fully saturated rings. The van der Waals surface area contributed by atoms with Crippen LogP contribution in [0.15, 0.2) is 94.9 Å². The maximum absolute atomic E-state index is 12.6. The number of benzene rings is 4. The monoisotopic (exact) mass is 478 g/mol. The number of fused-ring (bicyclic) bond motifs is 1. The molecule has 4 aromatic carbocycles. The topological polar surface area (TPSA) is 84.8 Å². The second-order valence-electron chi connectivity index (χ2n) is 7.26. The van der Waals surface area contributed by atoms with Crippen molar-refractivity contribution in [3.05, 3.63) is 107 Å². The first kappa shape index (κ1) is 22.5. The van der Waals surface area contributed by atoms with Crippen molar-refractivity contribution in [2.75, 3.05) is 0 Å². The van der Waals surface area contributed by atoms with Crippen LogP contribution in [0.3, 0.4) is 0 Å². The van der Waals surface area contributed by atoms with E-state index in [1.54, 1.807) is 42.5 Å². The molecule has 0 saturated carbocycles. The lowest BCUT2D eigenvalue weighted by atomic mass is 10.0. The van der Waals surface area contributed by atoms with E-state index < -0.39 is 16.0 Å². The standard InChI is InChI=1S/C25H19ClN2O4S/c1-17-6-13-21(14-7-17)33(30,31)28-27-16-23-22-5-3-2-4-18(22)10-15-24(23)32-25(29)19-8-11-20(26)12-9-19/h2-16,28H,1H3/b27-16-. The molecule has 4 rings (SSSR count). The molecule has 0 aliphatic heterocycles. The fourth-order valence-corrected chi connectivity index (χ4v) is 4.09. The second-order valence-corrected chi connectivity index (χ2v) is 9.36. The molecule has 0 saturated heterocycles. The van der Waals surface area contributed by atoms with Crippen LogP contribution in [0.1, 0.15) is 21.5 Å². The minimum atomic E-state index is -3.85. The Morgan fingerprint density at radius 3 is 2.36 bits per heavy atom. The van der Waals surface area contributed by atoms with Crippen molar-refractivity contribution >= 4 is 44.6 Å². The smallest absolute Gasteiger partial charge is 0.343 e. The largest absolute Gasteiger partial charge is 0.422 e. The molecule has 33 heavy (non-hydrogen) atoms. The highest BCUT2D eigenvalue weighted by Gasteiger charge is 2.15. The maximum atomic E-state index is 12.6. The van der Waals surface area contributed by atoms with Gasteiger partial charge < -0.3 is 4.74 Å². The van der Waals surface area contributed by atoms with E-state index in [-0.39, 0.29) is 10.6 Å². The number of carbonyl (C=O) groups is 1. The van der Waals surface area contributed by atoms with E-state index in [1.165, 1.54) is 18.3 Å². The van der Waals surface area contributed by atoms with Crippen LogP contribution < -0.4 is 9.57 Å². The molecule has 0 heterocycles. The van der Waals surface area contributed by atoms with Gasteiger partial charge in [0.05, 0.1) is 16.7 Å². The number of halogens is 1. The summed E-state index contributed by atoms with van der Waals surface area (Å²) < 4.78 is 30.7. The third-order valence-corrected chi connectivity index (χ3v) is 6.40. The van der Waals surface area contributed by atoms with Crippen molar-refractivity contribution in [2.45, 2.75) is 11.8 Å². The zero-order valence-electron chi connectivity index (χ0n) is 17.5. The van der Waals surface area contributed by atoms with E-state index in [0.29, 0.717) is 16.1 Å². The van der Waals surface area contributed by atoms with Crippen LogP contribution in [0.4, 0.5) is 0 Å². The number of aryl methyl sites for hydroxylation is 1. The van der Waals surface area contributed by atoms with Crippen molar-refractivity contribution in [1.82, 2.24) is 4.83 Å². The lowest BCUT2D eigenvalue weighted by molar-refractivity contribution is 0.0734. The summed E-state index contributed by atoms with van der Waals surface area (Å²) in [6, 6.07) is 23.7. The van der Waals surface area contributed by atoms with Gasteiger partial charge in [-0.3, -0.25) is 0 Å². The van der Waals surface area contributed by atoms with E-state index in [2.05, 4.69) is 9.93 Å². The average molecular weight is 479 g/mol. The summed E-state index contributed by atoms with van der Waals surface area (Å²) in [6.07, 6.45) is 1.33. The van der Waals surface area contributed by atoms with Crippen molar-refractivity contribution < 1.29 is 17.9 Å². The molecule has 0 radical (unpaired) electrons. The molecular weight excluding hydrogens is 460 g/mol. The van der Waals surface area contributed by atoms with Crippen LogP contribution in [-0.2, 0) is 10.0 Å². The van der Waals surface area contributed by atoms with Gasteiger partial charge in [0.2, 0.25) is 0 Å². The van der Waals surface area contributed by atoms with Gasteiger partial charge in [-0.05, 0) is 60.2 Å². The highest BCUT2D eigenvalue weighted by atomic mass is 35.5. The number of ether oxygens (including phenoxy) is 1. The van der Waals surface area contributed by atoms with Gasteiger partial charge in [0.25, 0.3) is 10.0 Å². The Kier molecular flexibility index (Phi) is 6.44. The minimum absolute atomic E-state index is 0.0950. The Balaban J connectivity index is 1.65. The van der Waals surface area contributed by atoms with E-state index in [4.69, 9.17) is 16.3 Å². The van der Waals surface area contributed by atoms with E-state index in [0.717, 1.165) is 16.3 Å². The predicted molar refractivity (Wildman–Crippen MR) is 129 cm³/mol. The van der Waals surface area contributed by atoms with Crippen LogP contribution in [0.2, 0.25) is 5.02 Å². The molecule has 8 heteroatoms. The maximum Gasteiger partial charge on any atom is 0.343 e. The zero-order valence-corrected chi connectivity index (χ0v) is 19.1. The normalized spacial score (nSPS) is 11.6. The quantitative estimate of drug-likeness (QED) is 0.175. The van der Waals surface area contributed by atoms with Crippen LogP contribution in [0, 0.1) is 6.92 Å². The zero-order chi connectivity index (χ0) is 23.4. The first-order chi connectivity index (χ1) is 15.8. The molecule has 0 atom stereocenters. The Labute approximate surface area is 196 Å². The molecule has 166 valence electrons. The van der Waals surface area contributed by atoms with Crippen LogP contribution in [-0.4, -0.2) is 20.6 Å². The summed E-state index contributed by atoms with van der Waals surface area (Å²) in [5.41, 5.74) is 1.73. The van der Waals surface area contributed by atoms with Crippen LogP contribution in [0.25, 0.3) is 10.8 Å². The Hall–Kier alpha value is -3.68. The molecule has 0 unspecified atom stereocenters. The number of hydrogen-bond donors (Lipinski definition) is 1. The molecule has 0 aliphatic rings. The lowest BCUT2D eigenvalue weighted by Gasteiger charge is -2.11. The van der Waals surface area contributed by atoms with Crippen molar-refractivity contribution in [3.8, 4) is 5.75 Å². The number of hydrazone groups is 1. The average Bonchev–Trinajstić information content (AvgIpc) is 2.81. The van der Waals surface area contributed by atoms with Gasteiger partial charge in [0, 0.05) is 10.6 Å². The fraction of sp³-hybridized carbons (Fsp3) is 0.0400. The van der Waals surface area contributed by atoms with Gasteiger partial charge in [0.15, 0.2) is 0 Å². The minimum Gasteiger partial charge on any atom is -0.422 e. The fourth-order valence-electron chi connectivity index (χ4n) is 3.17. The van der Waals surface area contributed by atoms with Crippen molar-refractivity contribution in [1.29, 1.82) is 0 Å².